The molecule has 2 aromatic rings. The number of hydrogen-bond acceptors (Lipinski definition) is 3. The van der Waals surface area contributed by atoms with Gasteiger partial charge in [-0.25, -0.2) is 4.79 Å². The second-order valence-corrected chi connectivity index (χ2v) is 5.05. The Hall–Kier alpha value is -2.67. The lowest BCUT2D eigenvalue weighted by atomic mass is 10.1. The zero-order valence-electron chi connectivity index (χ0n) is 12.8. The summed E-state index contributed by atoms with van der Waals surface area (Å²) in [5.41, 5.74) is 1.07. The molecule has 0 aromatic heterocycles. The maximum absolute atomic E-state index is 12.3. The lowest BCUT2D eigenvalue weighted by molar-refractivity contribution is -0.0493. The Balaban J connectivity index is 1.83. The van der Waals surface area contributed by atoms with E-state index in [1.165, 1.54) is 18.2 Å². The predicted octanol–water partition coefficient (Wildman–Crippen LogP) is 3.01. The quantitative estimate of drug-likeness (QED) is 0.728. The summed E-state index contributed by atoms with van der Waals surface area (Å²) in [5.74, 6) is -0.132. The van der Waals surface area contributed by atoms with Crippen molar-refractivity contribution in [2.45, 2.75) is 19.1 Å². The fraction of sp³-hybridized carbons (Fsp3) is 0.235. The molecule has 0 fully saturated rings. The van der Waals surface area contributed by atoms with Crippen LogP contribution in [-0.2, 0) is 6.42 Å². The number of rotatable bonds is 7. The molecule has 128 valence electrons. The third-order valence-corrected chi connectivity index (χ3v) is 3.16. The molecule has 0 spiro atoms. The van der Waals surface area contributed by atoms with Crippen molar-refractivity contribution in [3.63, 3.8) is 0 Å². The molecule has 2 amide bonds. The molecule has 0 saturated carbocycles. The highest BCUT2D eigenvalue weighted by atomic mass is 19.3. The van der Waals surface area contributed by atoms with E-state index in [1.54, 1.807) is 6.07 Å². The number of aliphatic hydroxyl groups excluding tert-OH is 1. The minimum Gasteiger partial charge on any atom is -0.433 e. The number of amides is 2. The lowest BCUT2D eigenvalue weighted by Gasteiger charge is -2.14. The molecule has 0 aliphatic heterocycles. The van der Waals surface area contributed by atoms with Crippen LogP contribution in [-0.4, -0.2) is 30.4 Å². The smallest absolute Gasteiger partial charge is 0.387 e. The topological polar surface area (TPSA) is 70.6 Å². The summed E-state index contributed by atoms with van der Waals surface area (Å²) >= 11 is 0. The van der Waals surface area contributed by atoms with Gasteiger partial charge in [0.2, 0.25) is 0 Å². The van der Waals surface area contributed by atoms with Gasteiger partial charge < -0.3 is 20.5 Å². The summed E-state index contributed by atoms with van der Waals surface area (Å²) in [5, 5.41) is 14.8. The number of carbonyl (C=O) groups excluding carboxylic acids is 1. The van der Waals surface area contributed by atoms with Crippen molar-refractivity contribution in [2.75, 3.05) is 11.9 Å². The lowest BCUT2D eigenvalue weighted by Crippen LogP contribution is -2.36. The van der Waals surface area contributed by atoms with E-state index in [1.807, 2.05) is 30.3 Å². The minimum atomic E-state index is -2.98. The van der Waals surface area contributed by atoms with Gasteiger partial charge in [-0.3, -0.25) is 0 Å². The highest BCUT2D eigenvalue weighted by molar-refractivity contribution is 5.90. The van der Waals surface area contributed by atoms with Crippen LogP contribution >= 0.6 is 0 Å². The molecule has 1 unspecified atom stereocenters. The fourth-order valence-corrected chi connectivity index (χ4v) is 2.10. The van der Waals surface area contributed by atoms with Crippen molar-refractivity contribution in [2.24, 2.45) is 0 Å². The van der Waals surface area contributed by atoms with Crippen molar-refractivity contribution >= 4 is 11.7 Å². The zero-order chi connectivity index (χ0) is 17.4. The van der Waals surface area contributed by atoms with Gasteiger partial charge in [-0.2, -0.15) is 8.78 Å². The van der Waals surface area contributed by atoms with Gasteiger partial charge in [0, 0.05) is 13.0 Å². The zero-order valence-corrected chi connectivity index (χ0v) is 12.8. The number of nitrogens with one attached hydrogen (secondary N) is 2. The van der Waals surface area contributed by atoms with E-state index in [0.717, 1.165) is 5.56 Å². The van der Waals surface area contributed by atoms with Gasteiger partial charge in [-0.15, -0.1) is 0 Å². The normalized spacial score (nSPS) is 11.8. The second kappa shape index (κ2) is 8.83. The Bertz CT molecular complexity index is 653. The van der Waals surface area contributed by atoms with Crippen LogP contribution in [0.25, 0.3) is 0 Å². The van der Waals surface area contributed by atoms with Crippen molar-refractivity contribution < 1.29 is 23.4 Å². The maximum Gasteiger partial charge on any atom is 0.387 e. The first-order valence-corrected chi connectivity index (χ1v) is 7.35. The molecule has 1 atom stereocenters. The molecule has 5 nitrogen and oxygen atoms in total. The van der Waals surface area contributed by atoms with Gasteiger partial charge >= 0.3 is 12.6 Å². The van der Waals surface area contributed by atoms with Crippen LogP contribution in [0, 0.1) is 0 Å². The summed E-state index contributed by atoms with van der Waals surface area (Å²) in [6, 6.07) is 14.6. The van der Waals surface area contributed by atoms with Crippen molar-refractivity contribution in [3.05, 3.63) is 60.2 Å². The summed E-state index contributed by atoms with van der Waals surface area (Å²) in [6.07, 6.45) is -0.364. The molecule has 0 saturated heterocycles. The van der Waals surface area contributed by atoms with Crippen LogP contribution in [0.4, 0.5) is 19.3 Å². The molecule has 2 aromatic carbocycles. The van der Waals surface area contributed by atoms with E-state index < -0.39 is 18.7 Å². The van der Waals surface area contributed by atoms with Crippen molar-refractivity contribution in [1.82, 2.24) is 5.32 Å². The standard InChI is InChI=1S/C17H18F2N2O3/c18-16(19)24-15-9-5-4-8-14(15)21-17(23)20-11-13(22)10-12-6-2-1-3-7-12/h1-9,13,16,22H,10-11H2,(H2,20,21,23). The Morgan fingerprint density at radius 1 is 1.08 bits per heavy atom. The Kier molecular flexibility index (Phi) is 6.51. The van der Waals surface area contributed by atoms with Crippen LogP contribution in [0.5, 0.6) is 5.75 Å². The van der Waals surface area contributed by atoms with Gasteiger partial charge in [0.05, 0.1) is 11.8 Å². The highest BCUT2D eigenvalue weighted by Gasteiger charge is 2.12. The number of aliphatic hydroxyl groups is 1. The fourth-order valence-electron chi connectivity index (χ4n) is 2.10. The van der Waals surface area contributed by atoms with Crippen molar-refractivity contribution in [1.29, 1.82) is 0 Å². The third kappa shape index (κ3) is 5.85. The molecule has 2 rings (SSSR count). The third-order valence-electron chi connectivity index (χ3n) is 3.16. The van der Waals surface area contributed by atoms with E-state index in [2.05, 4.69) is 15.4 Å². The maximum atomic E-state index is 12.3. The average Bonchev–Trinajstić information content (AvgIpc) is 2.55. The molecule has 24 heavy (non-hydrogen) atoms. The van der Waals surface area contributed by atoms with Gasteiger partial charge in [0.15, 0.2) is 0 Å². The van der Waals surface area contributed by atoms with E-state index in [0.29, 0.717) is 6.42 Å². The number of benzene rings is 2. The number of para-hydroxylation sites is 2. The number of ether oxygens (including phenoxy) is 1. The molecular formula is C17H18F2N2O3. The molecule has 0 bridgehead atoms. The largest absolute Gasteiger partial charge is 0.433 e. The van der Waals surface area contributed by atoms with E-state index in [4.69, 9.17) is 0 Å². The highest BCUT2D eigenvalue weighted by Crippen LogP contribution is 2.25. The van der Waals surface area contributed by atoms with Gasteiger partial charge in [-0.1, -0.05) is 42.5 Å². The number of alkyl halides is 2. The Morgan fingerprint density at radius 3 is 2.46 bits per heavy atom. The van der Waals surface area contributed by atoms with E-state index in [-0.39, 0.29) is 18.0 Å². The molecule has 7 heteroatoms. The Morgan fingerprint density at radius 2 is 1.75 bits per heavy atom. The SMILES string of the molecule is O=C(NCC(O)Cc1ccccc1)Nc1ccccc1OC(F)F. The summed E-state index contributed by atoms with van der Waals surface area (Å²) in [7, 11) is 0. The molecule has 3 N–H and O–H groups in total. The molecule has 0 radical (unpaired) electrons. The number of anilines is 1. The predicted molar refractivity (Wildman–Crippen MR) is 86.2 cm³/mol. The number of urea groups is 1. The number of carbonyl (C=O) groups is 1. The van der Waals surface area contributed by atoms with Crippen LogP contribution in [0.15, 0.2) is 54.6 Å². The summed E-state index contributed by atoms with van der Waals surface area (Å²) < 4.78 is 29.0. The number of halogens is 2. The monoisotopic (exact) mass is 336 g/mol. The number of hydrogen-bond donors (Lipinski definition) is 3. The summed E-state index contributed by atoms with van der Waals surface area (Å²) in [6.45, 7) is -2.96. The average molecular weight is 336 g/mol. The van der Waals surface area contributed by atoms with E-state index in [9.17, 15) is 18.7 Å². The molecule has 0 heterocycles. The first kappa shape index (κ1) is 17.7. The minimum absolute atomic E-state index is 0.0264. The van der Waals surface area contributed by atoms with Crippen molar-refractivity contribution in [3.8, 4) is 5.75 Å². The van der Waals surface area contributed by atoms with Crippen LogP contribution in [0.2, 0.25) is 0 Å². The first-order chi connectivity index (χ1) is 11.5. The van der Waals surface area contributed by atoms with Crippen LogP contribution in [0.1, 0.15) is 5.56 Å². The molecular weight excluding hydrogens is 318 g/mol. The first-order valence-electron chi connectivity index (χ1n) is 7.35. The Labute approximate surface area is 138 Å². The van der Waals surface area contributed by atoms with E-state index >= 15 is 0 Å². The van der Waals surface area contributed by atoms with Crippen LogP contribution < -0.4 is 15.4 Å². The molecule has 0 aliphatic rings. The second-order valence-electron chi connectivity index (χ2n) is 5.05. The van der Waals surface area contributed by atoms with Gasteiger partial charge in [0.25, 0.3) is 0 Å². The summed E-state index contributed by atoms with van der Waals surface area (Å²) in [4.78, 5) is 11.8. The molecule has 0 aliphatic carbocycles. The van der Waals surface area contributed by atoms with Gasteiger partial charge in [0.1, 0.15) is 5.75 Å². The van der Waals surface area contributed by atoms with Crippen LogP contribution in [0.3, 0.4) is 0 Å². The van der Waals surface area contributed by atoms with Gasteiger partial charge in [-0.05, 0) is 17.7 Å².